The second-order valence-electron chi connectivity index (χ2n) is 4.11. The average Bonchev–Trinajstić information content (AvgIpc) is 2.26. The van der Waals surface area contributed by atoms with Crippen LogP contribution in [0.4, 0.5) is 0 Å². The Labute approximate surface area is 101 Å². The molecule has 1 aromatic carbocycles. The van der Waals surface area contributed by atoms with Gasteiger partial charge in [-0.2, -0.15) is 0 Å². The Morgan fingerprint density at radius 2 is 2.24 bits per heavy atom. The Morgan fingerprint density at radius 1 is 1.47 bits per heavy atom. The highest BCUT2D eigenvalue weighted by Crippen LogP contribution is 2.17. The van der Waals surface area contributed by atoms with Gasteiger partial charge in [0.05, 0.1) is 12.5 Å². The molecule has 0 spiro atoms. The fourth-order valence-electron chi connectivity index (χ4n) is 1.75. The second-order valence-corrected chi connectivity index (χ2v) is 4.11. The van der Waals surface area contributed by atoms with Gasteiger partial charge in [0.2, 0.25) is 5.91 Å². The van der Waals surface area contributed by atoms with Gasteiger partial charge < -0.3 is 15.4 Å². The third kappa shape index (κ3) is 2.97. The number of rotatable bonds is 5. The summed E-state index contributed by atoms with van der Waals surface area (Å²) in [5.41, 5.74) is 1.02. The van der Waals surface area contributed by atoms with Crippen LogP contribution in [-0.4, -0.2) is 25.6 Å². The van der Waals surface area contributed by atoms with Gasteiger partial charge in [-0.15, -0.1) is 0 Å². The van der Waals surface area contributed by atoms with Crippen molar-refractivity contribution in [3.05, 3.63) is 29.8 Å². The average molecular weight is 234 g/mol. The monoisotopic (exact) mass is 234 g/mol. The molecule has 0 saturated carbocycles. The Bertz CT molecular complexity index is 389. The second kappa shape index (κ2) is 5.68. The molecule has 2 rings (SSSR count). The first-order valence-electron chi connectivity index (χ1n) is 6.00. The molecule has 1 fully saturated rings. The summed E-state index contributed by atoms with van der Waals surface area (Å²) in [5.74, 6) is 1.10. The molecule has 4 nitrogen and oxygen atoms in total. The van der Waals surface area contributed by atoms with E-state index in [9.17, 15) is 4.79 Å². The Morgan fingerprint density at radius 3 is 2.88 bits per heavy atom. The molecule has 0 aromatic heterocycles. The molecule has 1 amide bonds. The maximum Gasteiger partial charge on any atom is 0.225 e. The summed E-state index contributed by atoms with van der Waals surface area (Å²) in [6.45, 7) is 4.70. The van der Waals surface area contributed by atoms with Gasteiger partial charge in [0.1, 0.15) is 5.75 Å². The highest BCUT2D eigenvalue weighted by molar-refractivity contribution is 5.80. The van der Waals surface area contributed by atoms with Gasteiger partial charge in [-0.1, -0.05) is 18.2 Å². The summed E-state index contributed by atoms with van der Waals surface area (Å²) in [7, 11) is 0. The molecule has 1 saturated heterocycles. The van der Waals surface area contributed by atoms with Gasteiger partial charge >= 0.3 is 0 Å². The first-order chi connectivity index (χ1) is 8.31. The molecule has 0 unspecified atom stereocenters. The molecule has 0 bridgehead atoms. The lowest BCUT2D eigenvalue weighted by atomic mass is 10.0. The molecule has 1 aliphatic rings. The van der Waals surface area contributed by atoms with E-state index < -0.39 is 0 Å². The molecule has 1 aliphatic heterocycles. The normalized spacial score (nSPS) is 15.1. The topological polar surface area (TPSA) is 50.4 Å². The molecular formula is C13H18N2O2. The van der Waals surface area contributed by atoms with Crippen LogP contribution in [0.5, 0.6) is 5.75 Å². The zero-order valence-corrected chi connectivity index (χ0v) is 10.0. The summed E-state index contributed by atoms with van der Waals surface area (Å²) in [6, 6.07) is 7.79. The lowest BCUT2D eigenvalue weighted by Crippen LogP contribution is -2.50. The third-order valence-corrected chi connectivity index (χ3v) is 2.88. The molecule has 1 aromatic rings. The zero-order chi connectivity index (χ0) is 12.1. The SMILES string of the molecule is CCOc1ccccc1CNC(=O)C1CNC1. The standard InChI is InChI=1S/C13H18N2O2/c1-2-17-12-6-4-3-5-10(12)9-15-13(16)11-7-14-8-11/h3-6,11,14H,2,7-9H2,1H3,(H,15,16). The van der Waals surface area contributed by atoms with Crippen LogP contribution in [0.15, 0.2) is 24.3 Å². The van der Waals surface area contributed by atoms with Crippen molar-refractivity contribution < 1.29 is 9.53 Å². The van der Waals surface area contributed by atoms with E-state index in [1.54, 1.807) is 0 Å². The lowest BCUT2D eigenvalue weighted by Gasteiger charge is -2.25. The number of para-hydroxylation sites is 1. The Balaban J connectivity index is 1.91. The van der Waals surface area contributed by atoms with E-state index in [2.05, 4.69) is 10.6 Å². The number of ether oxygens (including phenoxy) is 1. The predicted octanol–water partition coefficient (Wildman–Crippen LogP) is 0.921. The highest BCUT2D eigenvalue weighted by atomic mass is 16.5. The molecular weight excluding hydrogens is 216 g/mol. The lowest BCUT2D eigenvalue weighted by molar-refractivity contribution is -0.126. The zero-order valence-electron chi connectivity index (χ0n) is 10.0. The number of benzene rings is 1. The molecule has 4 heteroatoms. The van der Waals surface area contributed by atoms with E-state index in [0.717, 1.165) is 24.4 Å². The first kappa shape index (κ1) is 11.9. The quantitative estimate of drug-likeness (QED) is 0.796. The maximum atomic E-state index is 11.7. The fourth-order valence-corrected chi connectivity index (χ4v) is 1.75. The van der Waals surface area contributed by atoms with Crippen molar-refractivity contribution in [3.8, 4) is 5.75 Å². The molecule has 0 atom stereocenters. The van der Waals surface area contributed by atoms with E-state index in [1.165, 1.54) is 0 Å². The number of nitrogens with one attached hydrogen (secondary N) is 2. The van der Waals surface area contributed by atoms with E-state index >= 15 is 0 Å². The third-order valence-electron chi connectivity index (χ3n) is 2.88. The van der Waals surface area contributed by atoms with Crippen molar-refractivity contribution in [2.24, 2.45) is 5.92 Å². The van der Waals surface area contributed by atoms with E-state index in [0.29, 0.717) is 13.2 Å². The van der Waals surface area contributed by atoms with Crippen LogP contribution in [0.2, 0.25) is 0 Å². The summed E-state index contributed by atoms with van der Waals surface area (Å²) in [4.78, 5) is 11.7. The minimum atomic E-state index is 0.120. The predicted molar refractivity (Wildman–Crippen MR) is 65.8 cm³/mol. The number of hydrogen-bond acceptors (Lipinski definition) is 3. The number of carbonyl (C=O) groups excluding carboxylic acids is 1. The smallest absolute Gasteiger partial charge is 0.225 e. The summed E-state index contributed by atoms with van der Waals surface area (Å²) in [5, 5.41) is 6.03. The van der Waals surface area contributed by atoms with Crippen LogP contribution in [-0.2, 0) is 11.3 Å². The number of carbonyl (C=O) groups is 1. The molecule has 0 radical (unpaired) electrons. The Kier molecular flexibility index (Phi) is 3.98. The molecule has 92 valence electrons. The molecule has 1 heterocycles. The minimum absolute atomic E-state index is 0.120. The van der Waals surface area contributed by atoms with Crippen molar-refractivity contribution in [2.75, 3.05) is 19.7 Å². The van der Waals surface area contributed by atoms with Crippen molar-refractivity contribution >= 4 is 5.91 Å². The van der Waals surface area contributed by atoms with Crippen molar-refractivity contribution in [1.82, 2.24) is 10.6 Å². The minimum Gasteiger partial charge on any atom is -0.494 e. The van der Waals surface area contributed by atoms with Crippen LogP contribution < -0.4 is 15.4 Å². The largest absolute Gasteiger partial charge is 0.494 e. The fraction of sp³-hybridized carbons (Fsp3) is 0.462. The van der Waals surface area contributed by atoms with E-state index in [4.69, 9.17) is 4.74 Å². The van der Waals surface area contributed by atoms with Gasteiger partial charge in [-0.25, -0.2) is 0 Å². The van der Waals surface area contributed by atoms with Crippen LogP contribution in [0.3, 0.4) is 0 Å². The van der Waals surface area contributed by atoms with Crippen LogP contribution in [0.1, 0.15) is 12.5 Å². The summed E-state index contributed by atoms with van der Waals surface area (Å²) < 4.78 is 5.51. The molecule has 17 heavy (non-hydrogen) atoms. The first-order valence-corrected chi connectivity index (χ1v) is 6.00. The summed E-state index contributed by atoms with van der Waals surface area (Å²) >= 11 is 0. The van der Waals surface area contributed by atoms with Gasteiger partial charge in [0.25, 0.3) is 0 Å². The number of hydrogen-bond donors (Lipinski definition) is 2. The molecule has 2 N–H and O–H groups in total. The van der Waals surface area contributed by atoms with Crippen molar-refractivity contribution in [2.45, 2.75) is 13.5 Å². The van der Waals surface area contributed by atoms with Gasteiger partial charge in [-0.3, -0.25) is 4.79 Å². The van der Waals surface area contributed by atoms with Crippen molar-refractivity contribution in [3.63, 3.8) is 0 Å². The van der Waals surface area contributed by atoms with Crippen LogP contribution >= 0.6 is 0 Å². The highest BCUT2D eigenvalue weighted by Gasteiger charge is 2.24. The van der Waals surface area contributed by atoms with Gasteiger partial charge in [0.15, 0.2) is 0 Å². The maximum absolute atomic E-state index is 11.7. The van der Waals surface area contributed by atoms with Gasteiger partial charge in [0, 0.05) is 25.2 Å². The number of amides is 1. The van der Waals surface area contributed by atoms with Crippen molar-refractivity contribution in [1.29, 1.82) is 0 Å². The molecule has 0 aliphatic carbocycles. The van der Waals surface area contributed by atoms with Crippen LogP contribution in [0, 0.1) is 5.92 Å². The van der Waals surface area contributed by atoms with E-state index in [1.807, 2.05) is 31.2 Å². The van der Waals surface area contributed by atoms with Crippen LogP contribution in [0.25, 0.3) is 0 Å². The van der Waals surface area contributed by atoms with E-state index in [-0.39, 0.29) is 11.8 Å². The Hall–Kier alpha value is -1.55. The van der Waals surface area contributed by atoms with Gasteiger partial charge in [-0.05, 0) is 13.0 Å². The summed E-state index contributed by atoms with van der Waals surface area (Å²) in [6.07, 6.45) is 0.